The zero-order chi connectivity index (χ0) is 22.7. The fraction of sp³-hybridized carbons (Fsp3) is 0.381. The Hall–Kier alpha value is -2.07. The molecule has 2 fully saturated rings. The number of carbonyl (C=O) groups excluding carboxylic acids is 2. The summed E-state index contributed by atoms with van der Waals surface area (Å²) in [7, 11) is 0. The van der Waals surface area contributed by atoms with E-state index < -0.39 is 45.5 Å². The second-order valence-corrected chi connectivity index (χ2v) is 11.6. The Balaban J connectivity index is 1.54. The lowest BCUT2D eigenvalue weighted by Crippen LogP contribution is -2.78. The molecule has 0 saturated carbocycles. The summed E-state index contributed by atoms with van der Waals surface area (Å²) < 4.78 is -0.682. The molecule has 2 aromatic rings. The topological polar surface area (TPSA) is 113 Å². The molecule has 7 nitrogen and oxygen atoms in total. The largest absolute Gasteiger partial charge is 0.480 e. The zero-order valence-electron chi connectivity index (χ0n) is 17.1. The summed E-state index contributed by atoms with van der Waals surface area (Å²) in [5.74, 6) is -2.01. The Labute approximate surface area is 192 Å². The lowest BCUT2D eigenvalue weighted by atomic mass is 9.86. The molecule has 3 heterocycles. The second-order valence-electron chi connectivity index (χ2n) is 8.38. The van der Waals surface area contributed by atoms with Crippen molar-refractivity contribution in [3.8, 4) is 10.4 Å². The molecule has 31 heavy (non-hydrogen) atoms. The predicted octanol–water partition coefficient (Wildman–Crippen LogP) is 3.09. The van der Waals surface area contributed by atoms with Crippen LogP contribution in [0.25, 0.3) is 10.4 Å². The standard InChI is InChI=1S/C21H22ClN3O4S2/c1-20(2)15(17(27)28)25-18(29)21(3,19(25)31-20)24-16(26)13(23)14-11(22)9-12(30-14)10-7-5-4-6-8-10/h4-9,13,15,19H,23H2,1-3H3,(H,24,26)(H,27,28)/t13?,15-,19+,21?/m0/s1. The summed E-state index contributed by atoms with van der Waals surface area (Å²) in [5, 5.41) is 12.3. The number of nitrogens with one attached hydrogen (secondary N) is 1. The number of halogens is 1. The number of rotatable bonds is 5. The van der Waals surface area contributed by atoms with Crippen molar-refractivity contribution < 1.29 is 19.5 Å². The van der Waals surface area contributed by atoms with Gasteiger partial charge in [0.15, 0.2) is 0 Å². The number of benzene rings is 1. The maximum absolute atomic E-state index is 13.0. The van der Waals surface area contributed by atoms with E-state index in [0.717, 1.165) is 10.4 Å². The van der Waals surface area contributed by atoms with Crippen LogP contribution in [0.2, 0.25) is 5.02 Å². The van der Waals surface area contributed by atoms with Crippen LogP contribution in [0.5, 0.6) is 0 Å². The highest BCUT2D eigenvalue weighted by Crippen LogP contribution is 2.54. The normalized spacial score (nSPS) is 27.4. The van der Waals surface area contributed by atoms with Gasteiger partial charge in [-0.3, -0.25) is 9.59 Å². The Kier molecular flexibility index (Phi) is 5.36. The van der Waals surface area contributed by atoms with Gasteiger partial charge in [0.2, 0.25) is 5.91 Å². The van der Waals surface area contributed by atoms with Gasteiger partial charge >= 0.3 is 5.97 Å². The Bertz CT molecular complexity index is 1070. The van der Waals surface area contributed by atoms with Crippen LogP contribution in [0.15, 0.2) is 36.4 Å². The van der Waals surface area contributed by atoms with Gasteiger partial charge in [0.05, 0.1) is 9.90 Å². The number of fused-ring (bicyclic) bond motifs is 1. The van der Waals surface area contributed by atoms with Crippen molar-refractivity contribution in [1.29, 1.82) is 0 Å². The van der Waals surface area contributed by atoms with E-state index in [4.69, 9.17) is 17.3 Å². The number of β-lactam (4-membered cyclic amide) rings is 1. The number of thiophene rings is 1. The van der Waals surface area contributed by atoms with Gasteiger partial charge < -0.3 is 21.1 Å². The molecule has 10 heteroatoms. The Morgan fingerprint density at radius 3 is 2.52 bits per heavy atom. The first-order valence-electron chi connectivity index (χ1n) is 9.63. The van der Waals surface area contributed by atoms with Crippen LogP contribution in [-0.2, 0) is 14.4 Å². The van der Waals surface area contributed by atoms with Crippen LogP contribution < -0.4 is 11.1 Å². The molecule has 2 aliphatic rings. The number of carboxylic acid groups (broad SMARTS) is 1. The highest BCUT2D eigenvalue weighted by Gasteiger charge is 2.70. The molecule has 0 bridgehead atoms. The number of hydrogen-bond donors (Lipinski definition) is 3. The van der Waals surface area contributed by atoms with Crippen LogP contribution in [0.3, 0.4) is 0 Å². The summed E-state index contributed by atoms with van der Waals surface area (Å²) in [6.45, 7) is 5.18. The first-order valence-corrected chi connectivity index (χ1v) is 11.7. The average Bonchev–Trinajstić information content (AvgIpc) is 3.23. The lowest BCUT2D eigenvalue weighted by Gasteiger charge is -2.51. The minimum Gasteiger partial charge on any atom is -0.480 e. The van der Waals surface area contributed by atoms with Crippen LogP contribution in [0.4, 0.5) is 0 Å². The monoisotopic (exact) mass is 479 g/mol. The van der Waals surface area contributed by atoms with Crippen molar-refractivity contribution in [2.45, 2.75) is 48.5 Å². The molecule has 0 spiro atoms. The van der Waals surface area contributed by atoms with E-state index >= 15 is 0 Å². The predicted molar refractivity (Wildman–Crippen MR) is 122 cm³/mol. The molecular formula is C21H22ClN3O4S2. The first-order chi connectivity index (χ1) is 14.5. The molecule has 2 unspecified atom stereocenters. The molecule has 4 atom stereocenters. The molecule has 1 aromatic heterocycles. The van der Waals surface area contributed by atoms with Crippen molar-refractivity contribution in [1.82, 2.24) is 10.2 Å². The molecule has 1 aromatic carbocycles. The number of nitrogens with two attached hydrogens (primary N) is 1. The maximum atomic E-state index is 13.0. The third-order valence-electron chi connectivity index (χ3n) is 5.73. The molecule has 0 radical (unpaired) electrons. The minimum absolute atomic E-state index is 0.389. The van der Waals surface area contributed by atoms with Crippen molar-refractivity contribution in [3.05, 3.63) is 46.3 Å². The molecule has 4 rings (SSSR count). The summed E-state index contributed by atoms with van der Waals surface area (Å²) in [5.41, 5.74) is 5.95. The second kappa shape index (κ2) is 7.51. The number of carbonyl (C=O) groups is 3. The minimum atomic E-state index is -1.23. The Morgan fingerprint density at radius 2 is 1.90 bits per heavy atom. The number of aliphatic carboxylic acids is 1. The van der Waals surface area contributed by atoms with E-state index in [9.17, 15) is 19.5 Å². The highest BCUT2D eigenvalue weighted by atomic mass is 35.5. The van der Waals surface area contributed by atoms with Gasteiger partial charge in [-0.05, 0) is 32.4 Å². The smallest absolute Gasteiger partial charge is 0.327 e. The van der Waals surface area contributed by atoms with Crippen molar-refractivity contribution >= 4 is 52.5 Å². The summed E-state index contributed by atoms with van der Waals surface area (Å²) in [4.78, 5) is 40.3. The van der Waals surface area contributed by atoms with Gasteiger partial charge in [-0.2, -0.15) is 0 Å². The Morgan fingerprint density at radius 1 is 1.26 bits per heavy atom. The highest BCUT2D eigenvalue weighted by molar-refractivity contribution is 8.01. The van der Waals surface area contributed by atoms with Gasteiger partial charge in [-0.25, -0.2) is 4.79 Å². The van der Waals surface area contributed by atoms with Gasteiger partial charge in [0.1, 0.15) is 23.0 Å². The molecule has 2 saturated heterocycles. The van der Waals surface area contributed by atoms with E-state index in [1.165, 1.54) is 28.0 Å². The number of nitrogens with zero attached hydrogens (tertiary/aromatic N) is 1. The van der Waals surface area contributed by atoms with Gasteiger partial charge in [0, 0.05) is 9.62 Å². The fourth-order valence-electron chi connectivity index (χ4n) is 4.13. The van der Waals surface area contributed by atoms with Crippen LogP contribution >= 0.6 is 34.7 Å². The zero-order valence-corrected chi connectivity index (χ0v) is 19.5. The molecule has 2 amide bonds. The molecular weight excluding hydrogens is 458 g/mol. The summed E-state index contributed by atoms with van der Waals surface area (Å²) in [6, 6.07) is 9.39. The van der Waals surface area contributed by atoms with Gasteiger partial charge in [-0.1, -0.05) is 41.9 Å². The van der Waals surface area contributed by atoms with Gasteiger partial charge in [-0.15, -0.1) is 23.1 Å². The molecule has 164 valence electrons. The van der Waals surface area contributed by atoms with Crippen LogP contribution in [0.1, 0.15) is 31.7 Å². The third kappa shape index (κ3) is 3.44. The van der Waals surface area contributed by atoms with E-state index in [1.807, 2.05) is 30.3 Å². The van der Waals surface area contributed by atoms with Crippen LogP contribution in [-0.4, -0.2) is 49.5 Å². The number of amides is 2. The van der Waals surface area contributed by atoms with Crippen LogP contribution in [0, 0.1) is 0 Å². The fourth-order valence-corrected chi connectivity index (χ4v) is 7.24. The van der Waals surface area contributed by atoms with Crippen molar-refractivity contribution in [2.75, 3.05) is 0 Å². The van der Waals surface area contributed by atoms with E-state index in [0.29, 0.717) is 9.90 Å². The molecule has 0 aliphatic carbocycles. The average molecular weight is 480 g/mol. The summed E-state index contributed by atoms with van der Waals surface area (Å²) >= 11 is 9.06. The number of hydrogen-bond acceptors (Lipinski definition) is 6. The third-order valence-corrected chi connectivity index (χ3v) is 9.18. The lowest BCUT2D eigenvalue weighted by molar-refractivity contribution is -0.168. The molecule has 4 N–H and O–H groups in total. The SMILES string of the molecule is CC1(C)S[C@H]2N(C(=O)C2(C)NC(=O)C(N)c2sc(-c3ccccc3)cc2Cl)[C@H]1C(=O)O. The number of carboxylic acids is 1. The maximum Gasteiger partial charge on any atom is 0.327 e. The van der Waals surface area contributed by atoms with E-state index in [-0.39, 0.29) is 0 Å². The van der Waals surface area contributed by atoms with E-state index in [2.05, 4.69) is 5.32 Å². The quantitative estimate of drug-likeness (QED) is 0.568. The molecule has 2 aliphatic heterocycles. The van der Waals surface area contributed by atoms with Crippen molar-refractivity contribution in [2.24, 2.45) is 5.73 Å². The van der Waals surface area contributed by atoms with Crippen molar-refractivity contribution in [3.63, 3.8) is 0 Å². The number of thioether (sulfide) groups is 1. The van der Waals surface area contributed by atoms with E-state index in [1.54, 1.807) is 26.8 Å². The first kappa shape index (κ1) is 22.1. The van der Waals surface area contributed by atoms with Gasteiger partial charge in [0.25, 0.3) is 5.91 Å². The summed E-state index contributed by atoms with van der Waals surface area (Å²) in [6.07, 6.45) is 0.